The Bertz CT molecular complexity index is 3310. The molecule has 2 aromatic carbocycles. The number of nitrogens with one attached hydrogen (secondary N) is 11. The van der Waals surface area contributed by atoms with Crippen LogP contribution in [0.3, 0.4) is 0 Å². The van der Waals surface area contributed by atoms with Crippen LogP contribution < -0.4 is 68.3 Å². The first kappa shape index (κ1) is 96.1. The van der Waals surface area contributed by atoms with Gasteiger partial charge in [0.15, 0.2) is 5.78 Å². The average Bonchev–Trinajstić information content (AvgIpc) is 0.801. The molecule has 2 heterocycles. The van der Waals surface area contributed by atoms with Crippen LogP contribution in [-0.4, -0.2) is 213 Å². The minimum Gasteiger partial charge on any atom is -0.369 e. The monoisotopic (exact) mass is 1600 g/mol. The van der Waals surface area contributed by atoms with Crippen molar-refractivity contribution in [2.45, 2.75) is 341 Å². The Labute approximate surface area is 688 Å². The maximum Gasteiger partial charge on any atom is 0.252 e. The molecule has 0 spiro atoms. The lowest BCUT2D eigenvalue weighted by Gasteiger charge is -2.38. The van der Waals surface area contributed by atoms with Crippen molar-refractivity contribution >= 4 is 76.2 Å². The molecule has 11 N–H and O–H groups in total. The smallest absolute Gasteiger partial charge is 0.252 e. The topological polar surface area (TPSA) is 333 Å². The third-order valence-corrected chi connectivity index (χ3v) is 23.7. The van der Waals surface area contributed by atoms with Crippen LogP contribution in [0.4, 0.5) is 11.4 Å². The van der Waals surface area contributed by atoms with Gasteiger partial charge in [0.25, 0.3) is 11.8 Å². The SMILES string of the molecule is CCCCC[C@H](NC(=O)[C@H](CCCCNC(=O)[C@H](CCC)NC(=O)C1(NC(=O)c2ccc(N3CCN(CC)CC3)cc2)CCCCC1)NC(C)C)C(=O)N[C@@H](CCCCNC(=O)[C@H](CCC)NC(=O)C1(NC(=O)c2ccc(N3CCN(CC)CC3)cc2)CCCCC1)C(=O)N[C@@H](CCCCC)C(=O)N[C@@H](CCCCC)C(=O)C(C)C. The van der Waals surface area contributed by atoms with Crippen LogP contribution in [-0.2, 0) is 43.2 Å². The summed E-state index contributed by atoms with van der Waals surface area (Å²) in [6.07, 6.45) is 18.6. The third-order valence-electron chi connectivity index (χ3n) is 23.7. The molecule has 6 rings (SSSR count). The van der Waals surface area contributed by atoms with Gasteiger partial charge < -0.3 is 78.1 Å². The number of hydrogen-bond donors (Lipinski definition) is 11. The van der Waals surface area contributed by atoms with Crippen LogP contribution in [0, 0.1) is 5.92 Å². The van der Waals surface area contributed by atoms with E-state index in [-0.39, 0.29) is 73.7 Å². The number of benzene rings is 2. The zero-order valence-corrected chi connectivity index (χ0v) is 72.2. The Morgan fingerprint density at radius 3 is 0.974 bits per heavy atom. The predicted octanol–water partition coefficient (Wildman–Crippen LogP) is 9.95. The maximum atomic E-state index is 15.0. The van der Waals surface area contributed by atoms with Crippen molar-refractivity contribution in [3.8, 4) is 0 Å². The molecule has 26 heteroatoms. The van der Waals surface area contributed by atoms with Gasteiger partial charge in [-0.15, -0.1) is 0 Å². The molecule has 4 aliphatic rings. The van der Waals surface area contributed by atoms with Crippen molar-refractivity contribution < 1.29 is 52.7 Å². The number of rotatable bonds is 52. The summed E-state index contributed by atoms with van der Waals surface area (Å²) in [5.74, 6) is -4.71. The quantitative estimate of drug-likeness (QED) is 0.0274. The highest BCUT2D eigenvalue weighted by molar-refractivity contribution is 6.02. The first-order chi connectivity index (χ1) is 55.4. The molecular formula is C89H149N15O11. The number of piperazine rings is 2. The molecule has 115 heavy (non-hydrogen) atoms. The van der Waals surface area contributed by atoms with E-state index < -0.39 is 88.8 Å². The summed E-state index contributed by atoms with van der Waals surface area (Å²) in [6, 6.07) is 8.42. The third kappa shape index (κ3) is 31.6. The second-order valence-electron chi connectivity index (χ2n) is 33.5. The van der Waals surface area contributed by atoms with E-state index in [1.165, 1.54) is 0 Å². The first-order valence-electron chi connectivity index (χ1n) is 44.9. The van der Waals surface area contributed by atoms with Gasteiger partial charge in [0, 0.05) is 99.9 Å². The molecule has 2 aromatic rings. The highest BCUT2D eigenvalue weighted by Crippen LogP contribution is 2.32. The van der Waals surface area contributed by atoms with E-state index in [1.54, 1.807) is 13.8 Å². The first-order valence-corrected chi connectivity index (χ1v) is 44.9. The number of likely N-dealkylation sites (N-methyl/N-ethyl adjacent to an activating group) is 2. The zero-order chi connectivity index (χ0) is 83.7. The van der Waals surface area contributed by atoms with Crippen LogP contribution in [0.15, 0.2) is 48.5 Å². The van der Waals surface area contributed by atoms with Crippen LogP contribution in [0.5, 0.6) is 0 Å². The summed E-state index contributed by atoms with van der Waals surface area (Å²) in [7, 11) is 0. The number of anilines is 2. The molecule has 26 nitrogen and oxygen atoms in total. The summed E-state index contributed by atoms with van der Waals surface area (Å²) in [5.41, 5.74) is 0.622. The number of carbonyl (C=O) groups is 11. The Balaban J connectivity index is 1.11. The number of hydrogen-bond acceptors (Lipinski definition) is 16. The fourth-order valence-electron chi connectivity index (χ4n) is 16.4. The average molecular weight is 1610 g/mol. The van der Waals surface area contributed by atoms with Crippen molar-refractivity contribution in [1.82, 2.24) is 68.3 Å². The second kappa shape index (κ2) is 51.5. The van der Waals surface area contributed by atoms with Crippen LogP contribution in [0.1, 0.15) is 302 Å². The minimum atomic E-state index is -1.21. The van der Waals surface area contributed by atoms with Gasteiger partial charge in [-0.05, 0) is 158 Å². The highest BCUT2D eigenvalue weighted by Gasteiger charge is 2.45. The van der Waals surface area contributed by atoms with Crippen molar-refractivity contribution in [3.63, 3.8) is 0 Å². The molecule has 646 valence electrons. The molecule has 10 amide bonds. The lowest BCUT2D eigenvalue weighted by Crippen LogP contribution is -2.62. The van der Waals surface area contributed by atoms with E-state index in [4.69, 9.17) is 0 Å². The van der Waals surface area contributed by atoms with Gasteiger partial charge in [-0.2, -0.15) is 0 Å². The lowest BCUT2D eigenvalue weighted by molar-refractivity contribution is -0.135. The van der Waals surface area contributed by atoms with E-state index in [1.807, 2.05) is 90.1 Å². The van der Waals surface area contributed by atoms with Crippen LogP contribution >= 0.6 is 0 Å². The van der Waals surface area contributed by atoms with Gasteiger partial charge in [-0.3, -0.25) is 52.7 Å². The Kier molecular flexibility index (Phi) is 43.0. The minimum absolute atomic E-state index is 0.0832. The van der Waals surface area contributed by atoms with Crippen LogP contribution in [0.25, 0.3) is 0 Å². The summed E-state index contributed by atoms with van der Waals surface area (Å²) < 4.78 is 0. The number of nitrogens with zero attached hydrogens (tertiary/aromatic N) is 4. The van der Waals surface area contributed by atoms with Gasteiger partial charge in [0.05, 0.1) is 12.1 Å². The lowest BCUT2D eigenvalue weighted by atomic mass is 9.80. The van der Waals surface area contributed by atoms with Crippen molar-refractivity contribution in [2.75, 3.05) is 88.3 Å². The van der Waals surface area contributed by atoms with Crippen molar-refractivity contribution in [1.29, 1.82) is 0 Å². The normalized spacial score (nSPS) is 17.6. The number of amides is 10. The summed E-state index contributed by atoms with van der Waals surface area (Å²) in [5, 5.41) is 33.8. The molecule has 2 aliphatic heterocycles. The van der Waals surface area contributed by atoms with Crippen LogP contribution in [0.2, 0.25) is 0 Å². The molecule has 0 bridgehead atoms. The maximum absolute atomic E-state index is 15.0. The van der Waals surface area contributed by atoms with E-state index in [0.717, 1.165) is 160 Å². The molecule has 2 saturated heterocycles. The summed E-state index contributed by atoms with van der Waals surface area (Å²) >= 11 is 0. The number of ketones is 1. The Morgan fingerprint density at radius 1 is 0.339 bits per heavy atom. The zero-order valence-electron chi connectivity index (χ0n) is 72.2. The summed E-state index contributed by atoms with van der Waals surface area (Å²) in [6.45, 7) is 31.8. The highest BCUT2D eigenvalue weighted by atomic mass is 16.2. The molecule has 2 aliphatic carbocycles. The number of Topliss-reactive ketones (excluding diaryl/α,β-unsaturated/α-hetero) is 1. The van der Waals surface area contributed by atoms with Gasteiger partial charge in [0.1, 0.15) is 41.3 Å². The molecule has 2 saturated carbocycles. The molecule has 0 radical (unpaired) electrons. The van der Waals surface area contributed by atoms with Gasteiger partial charge in [0.2, 0.25) is 47.3 Å². The largest absolute Gasteiger partial charge is 0.369 e. The second-order valence-corrected chi connectivity index (χ2v) is 33.5. The van der Waals surface area contributed by atoms with E-state index >= 15 is 4.79 Å². The standard InChI is InChI=1S/C89H149N15O11/c1-12-19-24-37-70(77(105)64(8)9)93-83(111)74(38-25-20-13-2)95-85(113)76(41-28-34-55-91-81(109)72(36-16-5)98-87(115)89(52-31-23-32-53-89)100-79(107)67-44-48-69(49-45-67)104-62-58-102(18-7)59-63-104)96-84(112)75(39-26-21-14-3)94-82(110)73(92-65(10)11)40-27-33-54-90-80(108)71(35-15-4)97-86(114)88(50-29-22-30-51-88)99-78(106)66-42-46-68(47-43-66)103-60-56-101(17-6)57-61-103/h42-49,64-65,70-76,92H,12-41,50-63H2,1-11H3,(H,90,108)(H,91,109)(H,93,111)(H,94,110)(H,95,113)(H,96,112)(H,97,114)(H,98,115)(H,99,106)(H,100,107)/t70-,71-,72-,73-,74-,75-,76-/m0/s1. The molecular weight excluding hydrogens is 1460 g/mol. The fraction of sp³-hybridized carbons (Fsp3) is 0.742. The van der Waals surface area contributed by atoms with Gasteiger partial charge in [-0.25, -0.2) is 0 Å². The van der Waals surface area contributed by atoms with Gasteiger partial charge >= 0.3 is 0 Å². The number of carbonyl (C=O) groups excluding carboxylic acids is 11. The summed E-state index contributed by atoms with van der Waals surface area (Å²) in [4.78, 5) is 167. The molecule has 4 fully saturated rings. The predicted molar refractivity (Wildman–Crippen MR) is 458 cm³/mol. The Hall–Kier alpha value is -7.71. The molecule has 7 atom stereocenters. The molecule has 0 unspecified atom stereocenters. The van der Waals surface area contributed by atoms with E-state index in [0.29, 0.717) is 114 Å². The van der Waals surface area contributed by atoms with Crippen molar-refractivity contribution in [3.05, 3.63) is 59.7 Å². The van der Waals surface area contributed by atoms with E-state index in [2.05, 4.69) is 98.9 Å². The Morgan fingerprint density at radius 2 is 0.652 bits per heavy atom. The van der Waals surface area contributed by atoms with Crippen molar-refractivity contribution in [2.24, 2.45) is 5.92 Å². The fourth-order valence-corrected chi connectivity index (χ4v) is 16.4. The number of unbranched alkanes of at least 4 members (excludes halogenated alkanes) is 8. The van der Waals surface area contributed by atoms with E-state index in [9.17, 15) is 47.9 Å². The molecule has 0 aromatic heterocycles. The van der Waals surface area contributed by atoms with Gasteiger partial charge in [-0.1, -0.05) is 185 Å².